The molecule has 0 aliphatic heterocycles. The summed E-state index contributed by atoms with van der Waals surface area (Å²) in [5.74, 6) is -1.53. The molecule has 0 aliphatic carbocycles. The number of carbonyl (C=O) groups is 1. The van der Waals surface area contributed by atoms with Gasteiger partial charge < -0.3 is 10.6 Å². The largest absolute Gasteiger partial charge is 0.374 e. The van der Waals surface area contributed by atoms with Crippen molar-refractivity contribution < 1.29 is 13.6 Å². The van der Waals surface area contributed by atoms with Crippen molar-refractivity contribution in [1.29, 1.82) is 5.26 Å². The Bertz CT molecular complexity index is 483. The highest BCUT2D eigenvalue weighted by Gasteiger charge is 2.08. The van der Waals surface area contributed by atoms with Gasteiger partial charge in [0.1, 0.15) is 11.6 Å². The Balaban J connectivity index is 2.51. The molecule has 18 heavy (non-hydrogen) atoms. The quantitative estimate of drug-likeness (QED) is 0.785. The Labute approximate surface area is 104 Å². The number of nitrogens with zero attached hydrogens (tertiary/aromatic N) is 1. The normalized spacial score (nSPS) is 9.67. The van der Waals surface area contributed by atoms with Crippen LogP contribution in [0.4, 0.5) is 14.5 Å². The molecule has 1 rings (SSSR count). The summed E-state index contributed by atoms with van der Waals surface area (Å²) in [5, 5.41) is 13.2. The van der Waals surface area contributed by atoms with Crippen molar-refractivity contribution in [3.05, 3.63) is 29.3 Å². The van der Waals surface area contributed by atoms with E-state index in [9.17, 15) is 13.6 Å². The molecule has 0 unspecified atom stereocenters. The maximum Gasteiger partial charge on any atom is 0.239 e. The van der Waals surface area contributed by atoms with E-state index in [0.717, 1.165) is 12.1 Å². The van der Waals surface area contributed by atoms with Crippen LogP contribution in [0, 0.1) is 29.9 Å². The van der Waals surface area contributed by atoms with E-state index in [1.165, 1.54) is 6.92 Å². The van der Waals surface area contributed by atoms with Crippen LogP contribution in [0.5, 0.6) is 0 Å². The van der Waals surface area contributed by atoms with Crippen molar-refractivity contribution in [3.8, 4) is 6.07 Å². The second kappa shape index (κ2) is 6.55. The average Bonchev–Trinajstić information content (AvgIpc) is 2.32. The Kier molecular flexibility index (Phi) is 5.06. The van der Waals surface area contributed by atoms with Crippen molar-refractivity contribution in [1.82, 2.24) is 5.32 Å². The molecule has 1 aromatic carbocycles. The van der Waals surface area contributed by atoms with Crippen LogP contribution in [0.1, 0.15) is 12.0 Å². The Morgan fingerprint density at radius 2 is 2.11 bits per heavy atom. The molecular weight excluding hydrogens is 240 g/mol. The number of anilines is 1. The van der Waals surface area contributed by atoms with Crippen LogP contribution in [-0.4, -0.2) is 19.0 Å². The summed E-state index contributed by atoms with van der Waals surface area (Å²) in [7, 11) is 0. The zero-order chi connectivity index (χ0) is 13.5. The number of aryl methyl sites for hydroxylation is 1. The minimum atomic E-state index is -0.612. The van der Waals surface area contributed by atoms with Crippen LogP contribution in [0.2, 0.25) is 0 Å². The molecule has 0 atom stereocenters. The highest BCUT2D eigenvalue weighted by atomic mass is 19.1. The first-order chi connectivity index (χ1) is 8.54. The number of benzene rings is 1. The lowest BCUT2D eigenvalue weighted by atomic mass is 10.2. The molecule has 1 amide bonds. The molecule has 2 N–H and O–H groups in total. The third kappa shape index (κ3) is 4.01. The van der Waals surface area contributed by atoms with Gasteiger partial charge >= 0.3 is 0 Å². The molecule has 0 bridgehead atoms. The smallest absolute Gasteiger partial charge is 0.239 e. The van der Waals surface area contributed by atoms with Crippen LogP contribution in [-0.2, 0) is 4.79 Å². The van der Waals surface area contributed by atoms with E-state index in [2.05, 4.69) is 10.6 Å². The molecule has 96 valence electrons. The molecule has 0 saturated carbocycles. The maximum atomic E-state index is 13.4. The monoisotopic (exact) mass is 253 g/mol. The first-order valence-electron chi connectivity index (χ1n) is 5.37. The third-order valence-corrected chi connectivity index (χ3v) is 2.25. The molecule has 4 nitrogen and oxygen atoms in total. The minimum absolute atomic E-state index is 0.0615. The fourth-order valence-electron chi connectivity index (χ4n) is 1.28. The van der Waals surface area contributed by atoms with Gasteiger partial charge in [-0.3, -0.25) is 4.79 Å². The van der Waals surface area contributed by atoms with Gasteiger partial charge in [0.25, 0.3) is 0 Å². The van der Waals surface area contributed by atoms with Gasteiger partial charge in [0.2, 0.25) is 5.91 Å². The summed E-state index contributed by atoms with van der Waals surface area (Å²) >= 11 is 0. The number of rotatable bonds is 5. The van der Waals surface area contributed by atoms with Crippen molar-refractivity contribution in [3.63, 3.8) is 0 Å². The Morgan fingerprint density at radius 1 is 1.39 bits per heavy atom. The van der Waals surface area contributed by atoms with Crippen LogP contribution < -0.4 is 10.6 Å². The predicted molar refractivity (Wildman–Crippen MR) is 62.8 cm³/mol. The summed E-state index contributed by atoms with van der Waals surface area (Å²) < 4.78 is 26.6. The van der Waals surface area contributed by atoms with Gasteiger partial charge in [-0.05, 0) is 18.6 Å². The molecule has 0 spiro atoms. The standard InChI is InChI=1S/C12H13F2N3O/c1-8-5-10(14)11(6-9(8)13)17-7-12(18)16-4-2-3-15/h5-6,17H,2,4,7H2,1H3,(H,16,18). The summed E-state index contributed by atoms with van der Waals surface area (Å²) in [4.78, 5) is 11.3. The second-order valence-electron chi connectivity index (χ2n) is 3.69. The number of hydrogen-bond acceptors (Lipinski definition) is 3. The highest BCUT2D eigenvalue weighted by molar-refractivity contribution is 5.80. The van der Waals surface area contributed by atoms with Gasteiger partial charge in [-0.15, -0.1) is 0 Å². The summed E-state index contributed by atoms with van der Waals surface area (Å²) in [6.07, 6.45) is 0.208. The van der Waals surface area contributed by atoms with Crippen molar-refractivity contribution in [2.45, 2.75) is 13.3 Å². The van der Waals surface area contributed by atoms with Gasteiger partial charge in [0.05, 0.1) is 24.7 Å². The van der Waals surface area contributed by atoms with E-state index in [4.69, 9.17) is 5.26 Å². The summed E-state index contributed by atoms with van der Waals surface area (Å²) in [6, 6.07) is 3.94. The topological polar surface area (TPSA) is 64.9 Å². The van der Waals surface area contributed by atoms with Crippen LogP contribution in [0.3, 0.4) is 0 Å². The lowest BCUT2D eigenvalue weighted by molar-refractivity contribution is -0.119. The lowest BCUT2D eigenvalue weighted by Gasteiger charge is -2.08. The molecule has 0 fully saturated rings. The number of amides is 1. The molecule has 0 saturated heterocycles. The van der Waals surface area contributed by atoms with Gasteiger partial charge in [-0.25, -0.2) is 8.78 Å². The van der Waals surface area contributed by atoms with Gasteiger partial charge in [-0.1, -0.05) is 0 Å². The first kappa shape index (κ1) is 13.9. The second-order valence-corrected chi connectivity index (χ2v) is 3.69. The molecule has 0 aromatic heterocycles. The van der Waals surface area contributed by atoms with E-state index >= 15 is 0 Å². The van der Waals surface area contributed by atoms with Gasteiger partial charge in [0, 0.05) is 12.6 Å². The van der Waals surface area contributed by atoms with Crippen LogP contribution in [0.15, 0.2) is 12.1 Å². The zero-order valence-electron chi connectivity index (χ0n) is 9.89. The maximum absolute atomic E-state index is 13.4. The summed E-state index contributed by atoms with van der Waals surface area (Å²) in [6.45, 7) is 1.52. The van der Waals surface area contributed by atoms with Crippen molar-refractivity contribution in [2.24, 2.45) is 0 Å². The summed E-state index contributed by atoms with van der Waals surface area (Å²) in [5.41, 5.74) is 0.144. The molecule has 1 aromatic rings. The van der Waals surface area contributed by atoms with Gasteiger partial charge in [0.15, 0.2) is 0 Å². The molecular formula is C12H13F2N3O. The van der Waals surface area contributed by atoms with Crippen LogP contribution in [0.25, 0.3) is 0 Å². The van der Waals surface area contributed by atoms with E-state index in [-0.39, 0.29) is 36.7 Å². The van der Waals surface area contributed by atoms with Crippen molar-refractivity contribution >= 4 is 11.6 Å². The Hall–Kier alpha value is -2.16. The zero-order valence-corrected chi connectivity index (χ0v) is 9.89. The van der Waals surface area contributed by atoms with Gasteiger partial charge in [-0.2, -0.15) is 5.26 Å². The fourth-order valence-corrected chi connectivity index (χ4v) is 1.28. The third-order valence-electron chi connectivity index (χ3n) is 2.25. The lowest BCUT2D eigenvalue weighted by Crippen LogP contribution is -2.30. The van der Waals surface area contributed by atoms with Crippen molar-refractivity contribution in [2.75, 3.05) is 18.4 Å². The molecule has 6 heteroatoms. The molecule has 0 heterocycles. The minimum Gasteiger partial charge on any atom is -0.374 e. The fraction of sp³-hybridized carbons (Fsp3) is 0.333. The van der Waals surface area contributed by atoms with E-state index < -0.39 is 11.6 Å². The number of hydrogen-bond donors (Lipinski definition) is 2. The number of nitrogens with one attached hydrogen (secondary N) is 2. The number of nitriles is 1. The average molecular weight is 253 g/mol. The first-order valence-corrected chi connectivity index (χ1v) is 5.37. The molecule has 0 aliphatic rings. The van der Waals surface area contributed by atoms with Crippen LogP contribution >= 0.6 is 0 Å². The number of carbonyl (C=O) groups excluding carboxylic acids is 1. The molecule has 0 radical (unpaired) electrons. The highest BCUT2D eigenvalue weighted by Crippen LogP contribution is 2.18. The van der Waals surface area contributed by atoms with E-state index in [1.54, 1.807) is 0 Å². The number of halogens is 2. The van der Waals surface area contributed by atoms with E-state index in [1.807, 2.05) is 6.07 Å². The predicted octanol–water partition coefficient (Wildman–Crippen LogP) is 1.72. The van der Waals surface area contributed by atoms with E-state index in [0.29, 0.717) is 0 Å². The SMILES string of the molecule is Cc1cc(F)c(NCC(=O)NCCC#N)cc1F. The Morgan fingerprint density at radius 3 is 2.78 bits per heavy atom.